The maximum absolute atomic E-state index is 13.3. The first-order valence-corrected chi connectivity index (χ1v) is 10.5. The lowest BCUT2D eigenvalue weighted by atomic mass is 10.2. The molecule has 0 aliphatic carbocycles. The van der Waals surface area contributed by atoms with Gasteiger partial charge in [0.2, 0.25) is 0 Å². The van der Waals surface area contributed by atoms with E-state index in [9.17, 15) is 9.59 Å². The summed E-state index contributed by atoms with van der Waals surface area (Å²) >= 11 is 0. The van der Waals surface area contributed by atoms with Crippen molar-refractivity contribution in [3.63, 3.8) is 0 Å². The van der Waals surface area contributed by atoms with E-state index in [1.807, 2.05) is 42.5 Å². The van der Waals surface area contributed by atoms with E-state index in [4.69, 9.17) is 9.26 Å². The Morgan fingerprint density at radius 2 is 2.03 bits per heavy atom. The highest BCUT2D eigenvalue weighted by Crippen LogP contribution is 2.26. The monoisotopic (exact) mass is 433 g/mol. The molecule has 1 aliphatic rings. The summed E-state index contributed by atoms with van der Waals surface area (Å²) in [6.45, 7) is 2.87. The van der Waals surface area contributed by atoms with Gasteiger partial charge in [-0.15, -0.1) is 0 Å². The van der Waals surface area contributed by atoms with E-state index < -0.39 is 0 Å². The summed E-state index contributed by atoms with van der Waals surface area (Å²) in [7, 11) is 1.73. The largest absolute Gasteiger partial charge is 0.489 e. The summed E-state index contributed by atoms with van der Waals surface area (Å²) in [4.78, 5) is 32.2. The fourth-order valence-electron chi connectivity index (χ4n) is 4.21. The number of para-hydroxylation sites is 1. The van der Waals surface area contributed by atoms with Gasteiger partial charge in [0, 0.05) is 26.3 Å². The smallest absolute Gasteiger partial charge is 0.330 e. The first-order valence-electron chi connectivity index (χ1n) is 10.5. The zero-order chi connectivity index (χ0) is 22.2. The molecular formula is C23H23N5O4. The fourth-order valence-corrected chi connectivity index (χ4v) is 4.21. The molecule has 1 atom stereocenters. The Kier molecular flexibility index (Phi) is 5.01. The lowest BCUT2D eigenvalue weighted by molar-refractivity contribution is 0.0775. The number of nitrogens with zero attached hydrogens (tertiary/aromatic N) is 5. The molecule has 4 heterocycles. The molecule has 0 spiro atoms. The number of ether oxygens (including phenoxy) is 1. The summed E-state index contributed by atoms with van der Waals surface area (Å²) in [6.07, 6.45) is 2.33. The third-order valence-electron chi connectivity index (χ3n) is 5.98. The Morgan fingerprint density at radius 1 is 1.22 bits per heavy atom. The highest BCUT2D eigenvalue weighted by molar-refractivity contribution is 5.94. The average Bonchev–Trinajstić information content (AvgIpc) is 3.50. The second-order valence-electron chi connectivity index (χ2n) is 7.92. The van der Waals surface area contributed by atoms with Gasteiger partial charge in [-0.2, -0.15) is 0 Å². The number of imidazole rings is 1. The fraction of sp³-hybridized carbons (Fsp3) is 0.304. The van der Waals surface area contributed by atoms with Crippen LogP contribution in [0.15, 0.2) is 58.0 Å². The number of carbonyl (C=O) groups is 1. The van der Waals surface area contributed by atoms with E-state index in [0.29, 0.717) is 42.2 Å². The SMILES string of the molecule is Cc1onc(C(=O)N2CC[C@@H](n3c(=O)n(C)c4cccnc43)C2)c1COc1ccccc1. The first-order chi connectivity index (χ1) is 15.5. The molecule has 1 aromatic carbocycles. The molecule has 0 N–H and O–H groups in total. The Morgan fingerprint density at radius 3 is 2.84 bits per heavy atom. The number of carbonyl (C=O) groups excluding carboxylic acids is 1. The standard InChI is InChI=1S/C23H23N5O4/c1-15-18(14-31-17-7-4-3-5-8-17)20(25-32-15)22(29)27-12-10-16(13-27)28-21-19(9-6-11-24-21)26(2)23(28)30/h3-9,11,16H,10,12-14H2,1-2H3/t16-/m1/s1. The first kappa shape index (κ1) is 20.0. The molecule has 9 nitrogen and oxygen atoms in total. The minimum absolute atomic E-state index is 0.132. The van der Waals surface area contributed by atoms with Crippen molar-refractivity contribution in [3.8, 4) is 5.75 Å². The third kappa shape index (κ3) is 3.35. The molecule has 3 aromatic heterocycles. The normalized spacial score (nSPS) is 16.1. The average molecular weight is 433 g/mol. The van der Waals surface area contributed by atoms with E-state index in [0.717, 1.165) is 5.52 Å². The molecule has 32 heavy (non-hydrogen) atoms. The molecule has 4 aromatic rings. The second-order valence-corrected chi connectivity index (χ2v) is 7.92. The molecule has 1 saturated heterocycles. The maximum Gasteiger partial charge on any atom is 0.330 e. The van der Waals surface area contributed by atoms with E-state index in [1.54, 1.807) is 34.2 Å². The van der Waals surface area contributed by atoms with Gasteiger partial charge < -0.3 is 14.2 Å². The van der Waals surface area contributed by atoms with Crippen molar-refractivity contribution in [2.24, 2.45) is 7.05 Å². The summed E-state index contributed by atoms with van der Waals surface area (Å²) in [6, 6.07) is 12.9. The highest BCUT2D eigenvalue weighted by Gasteiger charge is 2.33. The van der Waals surface area contributed by atoms with Crippen LogP contribution in [0.25, 0.3) is 11.2 Å². The van der Waals surface area contributed by atoms with Gasteiger partial charge in [0.15, 0.2) is 11.3 Å². The predicted molar refractivity (Wildman–Crippen MR) is 117 cm³/mol. The quantitative estimate of drug-likeness (QED) is 0.480. The number of aryl methyl sites for hydroxylation is 2. The molecule has 164 valence electrons. The molecule has 9 heteroatoms. The minimum Gasteiger partial charge on any atom is -0.489 e. The molecule has 1 amide bonds. The number of aromatic nitrogens is 4. The highest BCUT2D eigenvalue weighted by atomic mass is 16.5. The van der Waals surface area contributed by atoms with E-state index in [-0.39, 0.29) is 29.9 Å². The van der Waals surface area contributed by atoms with Crippen molar-refractivity contribution in [2.75, 3.05) is 13.1 Å². The zero-order valence-corrected chi connectivity index (χ0v) is 17.9. The van der Waals surface area contributed by atoms with Gasteiger partial charge in [-0.3, -0.25) is 13.9 Å². The van der Waals surface area contributed by atoms with Crippen LogP contribution in [-0.4, -0.2) is 43.2 Å². The van der Waals surface area contributed by atoms with Crippen LogP contribution < -0.4 is 10.4 Å². The summed E-state index contributed by atoms with van der Waals surface area (Å²) in [5.74, 6) is 1.03. The van der Waals surface area contributed by atoms with Crippen molar-refractivity contribution in [2.45, 2.75) is 26.0 Å². The van der Waals surface area contributed by atoms with Crippen LogP contribution in [0.3, 0.4) is 0 Å². The number of hydrogen-bond donors (Lipinski definition) is 0. The molecular weight excluding hydrogens is 410 g/mol. The van der Waals surface area contributed by atoms with Crippen LogP contribution in [0, 0.1) is 6.92 Å². The van der Waals surface area contributed by atoms with Crippen LogP contribution in [0.1, 0.15) is 34.3 Å². The Labute approximate surface area is 183 Å². The van der Waals surface area contributed by atoms with Gasteiger partial charge in [-0.05, 0) is 37.6 Å². The van der Waals surface area contributed by atoms with Gasteiger partial charge in [0.05, 0.1) is 17.1 Å². The van der Waals surface area contributed by atoms with Crippen molar-refractivity contribution in [1.82, 2.24) is 24.2 Å². The van der Waals surface area contributed by atoms with Crippen molar-refractivity contribution < 1.29 is 14.1 Å². The Hall–Kier alpha value is -3.88. The third-order valence-corrected chi connectivity index (χ3v) is 5.98. The van der Waals surface area contributed by atoms with Crippen molar-refractivity contribution in [3.05, 3.63) is 76.2 Å². The second kappa shape index (κ2) is 7.99. The summed E-state index contributed by atoms with van der Waals surface area (Å²) in [5, 5.41) is 4.01. The molecule has 5 rings (SSSR count). The maximum atomic E-state index is 13.3. The van der Waals surface area contributed by atoms with Gasteiger partial charge in [-0.25, -0.2) is 9.78 Å². The Bertz CT molecular complexity index is 1340. The number of hydrogen-bond acceptors (Lipinski definition) is 6. The minimum atomic E-state index is -0.225. The molecule has 0 bridgehead atoms. The summed E-state index contributed by atoms with van der Waals surface area (Å²) < 4.78 is 14.4. The van der Waals surface area contributed by atoms with Crippen LogP contribution in [-0.2, 0) is 13.7 Å². The number of amides is 1. The number of likely N-dealkylation sites (tertiary alicyclic amines) is 1. The zero-order valence-electron chi connectivity index (χ0n) is 17.9. The van der Waals surface area contributed by atoms with Crippen LogP contribution >= 0.6 is 0 Å². The van der Waals surface area contributed by atoms with Crippen molar-refractivity contribution in [1.29, 1.82) is 0 Å². The van der Waals surface area contributed by atoms with E-state index in [2.05, 4.69) is 10.1 Å². The van der Waals surface area contributed by atoms with Crippen LogP contribution in [0.4, 0.5) is 0 Å². The molecule has 0 saturated carbocycles. The molecule has 1 fully saturated rings. The molecule has 1 aliphatic heterocycles. The number of rotatable bonds is 5. The van der Waals surface area contributed by atoms with Gasteiger partial charge in [-0.1, -0.05) is 23.4 Å². The van der Waals surface area contributed by atoms with Crippen LogP contribution in [0.5, 0.6) is 5.75 Å². The molecule has 0 unspecified atom stereocenters. The molecule has 0 radical (unpaired) electrons. The van der Waals surface area contributed by atoms with Gasteiger partial charge >= 0.3 is 5.69 Å². The topological polar surface area (TPSA) is 95.4 Å². The van der Waals surface area contributed by atoms with E-state index in [1.165, 1.54) is 0 Å². The number of fused-ring (bicyclic) bond motifs is 1. The number of pyridine rings is 1. The van der Waals surface area contributed by atoms with Gasteiger partial charge in [0.1, 0.15) is 18.1 Å². The van der Waals surface area contributed by atoms with Crippen LogP contribution in [0.2, 0.25) is 0 Å². The predicted octanol–water partition coefficient (Wildman–Crippen LogP) is 2.70. The summed E-state index contributed by atoms with van der Waals surface area (Å²) in [5.41, 5.74) is 2.16. The lowest BCUT2D eigenvalue weighted by Gasteiger charge is -2.16. The lowest BCUT2D eigenvalue weighted by Crippen LogP contribution is -2.32. The Balaban J connectivity index is 1.36. The van der Waals surface area contributed by atoms with Crippen molar-refractivity contribution >= 4 is 17.1 Å². The van der Waals surface area contributed by atoms with Gasteiger partial charge in [0.25, 0.3) is 5.91 Å². The van der Waals surface area contributed by atoms with E-state index >= 15 is 0 Å². The number of benzene rings is 1.